The van der Waals surface area contributed by atoms with Crippen molar-refractivity contribution in [1.29, 1.82) is 0 Å². The Morgan fingerprint density at radius 2 is 1.94 bits per heavy atom. The fourth-order valence-corrected chi connectivity index (χ4v) is 1.52. The molecule has 0 saturated carbocycles. The molecule has 1 aromatic carbocycles. The maximum absolute atomic E-state index is 10.3. The first kappa shape index (κ1) is 11.4. The van der Waals surface area contributed by atoms with Gasteiger partial charge in [0.2, 0.25) is 0 Å². The van der Waals surface area contributed by atoms with Gasteiger partial charge >= 0.3 is 5.97 Å². The van der Waals surface area contributed by atoms with Gasteiger partial charge in [0.05, 0.1) is 13.1 Å². The standard InChI is InChI=1S/C13H13NO3/c15-13(16)9-14-8-11-6-7-12(17-11)10-4-2-1-3-5-10/h1-7,14H,8-9H2,(H,15,16). The zero-order valence-electron chi connectivity index (χ0n) is 9.22. The predicted molar refractivity (Wildman–Crippen MR) is 63.5 cm³/mol. The quantitative estimate of drug-likeness (QED) is 0.827. The van der Waals surface area contributed by atoms with Crippen LogP contribution >= 0.6 is 0 Å². The Morgan fingerprint density at radius 3 is 2.65 bits per heavy atom. The first-order valence-corrected chi connectivity index (χ1v) is 5.32. The highest BCUT2D eigenvalue weighted by Gasteiger charge is 2.04. The summed E-state index contributed by atoms with van der Waals surface area (Å²) in [5.41, 5.74) is 1.01. The largest absolute Gasteiger partial charge is 0.480 e. The molecule has 0 spiro atoms. The van der Waals surface area contributed by atoms with Gasteiger partial charge in [-0.3, -0.25) is 10.1 Å². The number of furan rings is 1. The second kappa shape index (κ2) is 5.32. The van der Waals surface area contributed by atoms with Crippen LogP contribution in [0.4, 0.5) is 0 Å². The van der Waals surface area contributed by atoms with Gasteiger partial charge in [0, 0.05) is 5.56 Å². The van der Waals surface area contributed by atoms with E-state index in [9.17, 15) is 4.79 Å². The molecule has 88 valence electrons. The molecule has 0 aliphatic carbocycles. The summed E-state index contributed by atoms with van der Waals surface area (Å²) in [7, 11) is 0. The zero-order valence-corrected chi connectivity index (χ0v) is 9.22. The number of benzene rings is 1. The fraction of sp³-hybridized carbons (Fsp3) is 0.154. The molecule has 17 heavy (non-hydrogen) atoms. The van der Waals surface area contributed by atoms with Crippen LogP contribution in [0.2, 0.25) is 0 Å². The molecule has 0 atom stereocenters. The molecule has 0 radical (unpaired) electrons. The number of carboxylic acid groups (broad SMARTS) is 1. The van der Waals surface area contributed by atoms with Crippen LogP contribution in [0.5, 0.6) is 0 Å². The molecule has 4 nitrogen and oxygen atoms in total. The van der Waals surface area contributed by atoms with Crippen molar-refractivity contribution in [2.45, 2.75) is 6.54 Å². The fourth-order valence-electron chi connectivity index (χ4n) is 1.52. The van der Waals surface area contributed by atoms with Crippen molar-refractivity contribution < 1.29 is 14.3 Å². The van der Waals surface area contributed by atoms with E-state index in [1.165, 1.54) is 0 Å². The number of aliphatic carboxylic acids is 1. The van der Waals surface area contributed by atoms with Crippen LogP contribution in [0.3, 0.4) is 0 Å². The Hall–Kier alpha value is -2.07. The molecule has 0 aliphatic rings. The van der Waals surface area contributed by atoms with Gasteiger partial charge in [-0.25, -0.2) is 0 Å². The van der Waals surface area contributed by atoms with Crippen molar-refractivity contribution in [1.82, 2.24) is 5.32 Å². The van der Waals surface area contributed by atoms with Crippen LogP contribution in [0.15, 0.2) is 46.9 Å². The minimum absolute atomic E-state index is 0.0681. The van der Waals surface area contributed by atoms with E-state index in [1.807, 2.05) is 42.5 Å². The molecule has 1 heterocycles. The highest BCUT2D eigenvalue weighted by Crippen LogP contribution is 2.21. The Balaban J connectivity index is 1.99. The highest BCUT2D eigenvalue weighted by atomic mass is 16.4. The van der Waals surface area contributed by atoms with Crippen LogP contribution in [0.25, 0.3) is 11.3 Å². The summed E-state index contributed by atoms with van der Waals surface area (Å²) in [4.78, 5) is 10.3. The van der Waals surface area contributed by atoms with E-state index >= 15 is 0 Å². The lowest BCUT2D eigenvalue weighted by atomic mass is 10.2. The van der Waals surface area contributed by atoms with Crippen LogP contribution in [-0.4, -0.2) is 17.6 Å². The van der Waals surface area contributed by atoms with Crippen molar-refractivity contribution in [3.05, 3.63) is 48.2 Å². The van der Waals surface area contributed by atoms with Gasteiger partial charge in [-0.15, -0.1) is 0 Å². The highest BCUT2D eigenvalue weighted by molar-refractivity contribution is 5.69. The monoisotopic (exact) mass is 231 g/mol. The summed E-state index contributed by atoms with van der Waals surface area (Å²) >= 11 is 0. The number of carbonyl (C=O) groups is 1. The normalized spacial score (nSPS) is 10.4. The van der Waals surface area contributed by atoms with Gasteiger partial charge in [-0.2, -0.15) is 0 Å². The molecule has 2 N–H and O–H groups in total. The molecule has 2 rings (SSSR count). The van der Waals surface area contributed by atoms with E-state index in [-0.39, 0.29) is 6.54 Å². The number of hydrogen-bond acceptors (Lipinski definition) is 3. The third-order valence-corrected chi connectivity index (χ3v) is 2.30. The summed E-state index contributed by atoms with van der Waals surface area (Å²) in [6.45, 7) is 0.348. The van der Waals surface area contributed by atoms with Gasteiger partial charge in [0.25, 0.3) is 0 Å². The van der Waals surface area contributed by atoms with E-state index in [0.717, 1.165) is 17.1 Å². The van der Waals surface area contributed by atoms with Crippen molar-refractivity contribution >= 4 is 5.97 Å². The number of hydrogen-bond donors (Lipinski definition) is 2. The molecule has 0 bridgehead atoms. The van der Waals surface area contributed by atoms with Gasteiger partial charge in [-0.05, 0) is 12.1 Å². The maximum Gasteiger partial charge on any atom is 0.317 e. The molecule has 2 aromatic rings. The number of carboxylic acids is 1. The molecular weight excluding hydrogens is 218 g/mol. The van der Waals surface area contributed by atoms with Gasteiger partial charge < -0.3 is 9.52 Å². The first-order chi connectivity index (χ1) is 8.25. The second-order valence-corrected chi connectivity index (χ2v) is 3.63. The Labute approximate surface area is 98.9 Å². The molecule has 4 heteroatoms. The summed E-state index contributed by atoms with van der Waals surface area (Å²) in [6, 6.07) is 13.5. The molecular formula is C13H13NO3. The van der Waals surface area contributed by atoms with Crippen molar-refractivity contribution in [3.63, 3.8) is 0 Å². The predicted octanol–water partition coefficient (Wildman–Crippen LogP) is 2.12. The minimum atomic E-state index is -0.875. The molecule has 0 fully saturated rings. The number of nitrogens with one attached hydrogen (secondary N) is 1. The summed E-state index contributed by atoms with van der Waals surface area (Å²) in [6.07, 6.45) is 0. The maximum atomic E-state index is 10.3. The second-order valence-electron chi connectivity index (χ2n) is 3.63. The average Bonchev–Trinajstić information content (AvgIpc) is 2.78. The van der Waals surface area contributed by atoms with Gasteiger partial charge in [0.15, 0.2) is 0 Å². The lowest BCUT2D eigenvalue weighted by Gasteiger charge is -1.98. The Kier molecular flexibility index (Phi) is 3.57. The van der Waals surface area contributed by atoms with Crippen LogP contribution in [-0.2, 0) is 11.3 Å². The topological polar surface area (TPSA) is 62.5 Å². The van der Waals surface area contributed by atoms with E-state index in [1.54, 1.807) is 0 Å². The van der Waals surface area contributed by atoms with Crippen LogP contribution < -0.4 is 5.32 Å². The van der Waals surface area contributed by atoms with Crippen molar-refractivity contribution in [3.8, 4) is 11.3 Å². The van der Waals surface area contributed by atoms with E-state index in [2.05, 4.69) is 5.32 Å². The smallest absolute Gasteiger partial charge is 0.317 e. The third-order valence-electron chi connectivity index (χ3n) is 2.30. The van der Waals surface area contributed by atoms with Crippen LogP contribution in [0, 0.1) is 0 Å². The minimum Gasteiger partial charge on any atom is -0.480 e. The molecule has 0 aliphatic heterocycles. The van der Waals surface area contributed by atoms with Crippen molar-refractivity contribution in [2.24, 2.45) is 0 Å². The van der Waals surface area contributed by atoms with Crippen molar-refractivity contribution in [2.75, 3.05) is 6.54 Å². The Morgan fingerprint density at radius 1 is 1.18 bits per heavy atom. The summed E-state index contributed by atoms with van der Waals surface area (Å²) in [5, 5.41) is 11.3. The van der Waals surface area contributed by atoms with E-state index in [0.29, 0.717) is 6.54 Å². The zero-order chi connectivity index (χ0) is 12.1. The van der Waals surface area contributed by atoms with E-state index in [4.69, 9.17) is 9.52 Å². The average molecular weight is 231 g/mol. The van der Waals surface area contributed by atoms with E-state index < -0.39 is 5.97 Å². The molecule has 0 unspecified atom stereocenters. The lowest BCUT2D eigenvalue weighted by Crippen LogP contribution is -2.21. The SMILES string of the molecule is O=C(O)CNCc1ccc(-c2ccccc2)o1. The summed E-state index contributed by atoms with van der Waals surface area (Å²) < 4.78 is 5.60. The van der Waals surface area contributed by atoms with Gasteiger partial charge in [0.1, 0.15) is 11.5 Å². The van der Waals surface area contributed by atoms with Gasteiger partial charge in [-0.1, -0.05) is 30.3 Å². The first-order valence-electron chi connectivity index (χ1n) is 5.32. The molecule has 0 saturated heterocycles. The molecule has 1 aromatic heterocycles. The van der Waals surface area contributed by atoms with Crippen LogP contribution in [0.1, 0.15) is 5.76 Å². The lowest BCUT2D eigenvalue weighted by molar-refractivity contribution is -0.136. The third kappa shape index (κ3) is 3.19. The summed E-state index contributed by atoms with van der Waals surface area (Å²) in [5.74, 6) is 0.641. The number of rotatable bonds is 5. The molecule has 0 amide bonds. The Bertz CT molecular complexity index is 490.